The molecule has 1 amide bonds. The number of hydrogen-bond acceptors (Lipinski definition) is 5. The Kier molecular flexibility index (Phi) is 3.85. The largest absolute Gasteiger partial charge is 0.476 e. The van der Waals surface area contributed by atoms with Gasteiger partial charge in [0.1, 0.15) is 5.60 Å². The third kappa shape index (κ3) is 4.00. The number of anilines is 1. The van der Waals surface area contributed by atoms with E-state index in [4.69, 9.17) is 9.84 Å². The molecule has 2 N–H and O–H groups in total. The van der Waals surface area contributed by atoms with Gasteiger partial charge >= 0.3 is 12.1 Å². The van der Waals surface area contributed by atoms with Crippen LogP contribution in [0.5, 0.6) is 0 Å². The van der Waals surface area contributed by atoms with E-state index in [0.29, 0.717) is 5.69 Å². The van der Waals surface area contributed by atoms with Crippen LogP contribution >= 0.6 is 0 Å². The Balaban J connectivity index is 2.80. The highest BCUT2D eigenvalue weighted by molar-refractivity contribution is 5.87. The van der Waals surface area contributed by atoms with Gasteiger partial charge in [0, 0.05) is 0 Å². The molecule has 1 aromatic rings. The SMILES string of the molecule is Cc1nc(C(=O)O)cnc1NC(=O)OC(C)(C)C. The predicted molar refractivity (Wildman–Crippen MR) is 63.6 cm³/mol. The number of carbonyl (C=O) groups excluding carboxylic acids is 1. The number of rotatable bonds is 2. The third-order valence-electron chi connectivity index (χ3n) is 1.79. The summed E-state index contributed by atoms with van der Waals surface area (Å²) in [5.74, 6) is -0.997. The summed E-state index contributed by atoms with van der Waals surface area (Å²) in [6, 6.07) is 0. The van der Waals surface area contributed by atoms with Crippen molar-refractivity contribution in [3.8, 4) is 0 Å². The Morgan fingerprint density at radius 1 is 1.39 bits per heavy atom. The number of nitrogens with one attached hydrogen (secondary N) is 1. The van der Waals surface area contributed by atoms with Crippen molar-refractivity contribution in [2.45, 2.75) is 33.3 Å². The molecular formula is C11H15N3O4. The van der Waals surface area contributed by atoms with Crippen molar-refractivity contribution in [1.29, 1.82) is 0 Å². The van der Waals surface area contributed by atoms with Crippen molar-refractivity contribution in [3.05, 3.63) is 17.6 Å². The lowest BCUT2D eigenvalue weighted by atomic mass is 10.2. The highest BCUT2D eigenvalue weighted by atomic mass is 16.6. The zero-order valence-corrected chi connectivity index (χ0v) is 10.6. The molecule has 0 atom stereocenters. The smallest absolute Gasteiger partial charge is 0.413 e. The van der Waals surface area contributed by atoms with Crippen molar-refractivity contribution in [2.75, 3.05) is 5.32 Å². The van der Waals surface area contributed by atoms with Crippen molar-refractivity contribution in [2.24, 2.45) is 0 Å². The molecule has 0 unspecified atom stereocenters. The van der Waals surface area contributed by atoms with Gasteiger partial charge in [0.25, 0.3) is 0 Å². The average molecular weight is 253 g/mol. The standard InChI is InChI=1S/C11H15N3O4/c1-6-8(12-5-7(13-6)9(15)16)14-10(17)18-11(2,3)4/h5H,1-4H3,(H,15,16)(H,12,14,17). The van der Waals surface area contributed by atoms with Crippen LogP contribution in [-0.4, -0.2) is 32.7 Å². The summed E-state index contributed by atoms with van der Waals surface area (Å²) < 4.78 is 5.04. The van der Waals surface area contributed by atoms with Crippen molar-refractivity contribution in [1.82, 2.24) is 9.97 Å². The molecule has 0 fully saturated rings. The van der Waals surface area contributed by atoms with Crippen LogP contribution < -0.4 is 5.32 Å². The minimum Gasteiger partial charge on any atom is -0.476 e. The number of aromatic nitrogens is 2. The van der Waals surface area contributed by atoms with Gasteiger partial charge in [-0.3, -0.25) is 5.32 Å². The van der Waals surface area contributed by atoms with Crippen LogP contribution in [0.1, 0.15) is 37.0 Å². The summed E-state index contributed by atoms with van der Waals surface area (Å²) in [6.45, 7) is 6.75. The first-order chi connectivity index (χ1) is 8.19. The molecule has 0 aliphatic carbocycles. The predicted octanol–water partition coefficient (Wildman–Crippen LogP) is 1.83. The van der Waals surface area contributed by atoms with Gasteiger partial charge in [-0.05, 0) is 27.7 Å². The molecule has 0 aliphatic rings. The summed E-state index contributed by atoms with van der Waals surface area (Å²) in [7, 11) is 0. The number of aryl methyl sites for hydroxylation is 1. The molecule has 0 aliphatic heterocycles. The summed E-state index contributed by atoms with van der Waals surface area (Å²) in [4.78, 5) is 29.7. The second kappa shape index (κ2) is 4.99. The number of carbonyl (C=O) groups is 2. The number of ether oxygens (including phenoxy) is 1. The van der Waals surface area contributed by atoms with Crippen LogP contribution in [0, 0.1) is 6.92 Å². The normalized spacial score (nSPS) is 10.9. The van der Waals surface area contributed by atoms with E-state index >= 15 is 0 Å². The second-order valence-corrected chi connectivity index (χ2v) is 4.62. The van der Waals surface area contributed by atoms with Gasteiger partial charge in [0.05, 0.1) is 11.9 Å². The zero-order chi connectivity index (χ0) is 13.9. The van der Waals surface area contributed by atoms with E-state index in [9.17, 15) is 9.59 Å². The fraction of sp³-hybridized carbons (Fsp3) is 0.455. The lowest BCUT2D eigenvalue weighted by Crippen LogP contribution is -2.28. The van der Waals surface area contributed by atoms with Gasteiger partial charge in [0.2, 0.25) is 0 Å². The lowest BCUT2D eigenvalue weighted by molar-refractivity contribution is 0.0634. The van der Waals surface area contributed by atoms with Gasteiger partial charge in [-0.15, -0.1) is 0 Å². The van der Waals surface area contributed by atoms with Crippen molar-refractivity contribution >= 4 is 17.9 Å². The van der Waals surface area contributed by atoms with E-state index in [-0.39, 0.29) is 11.5 Å². The van der Waals surface area contributed by atoms with E-state index in [1.807, 2.05) is 0 Å². The molecule has 7 nitrogen and oxygen atoms in total. The fourth-order valence-corrected chi connectivity index (χ4v) is 1.11. The minimum atomic E-state index is -1.17. The van der Waals surface area contributed by atoms with Crippen LogP contribution in [0.2, 0.25) is 0 Å². The third-order valence-corrected chi connectivity index (χ3v) is 1.79. The van der Waals surface area contributed by atoms with E-state index in [2.05, 4.69) is 15.3 Å². The van der Waals surface area contributed by atoms with Crippen LogP contribution in [0.3, 0.4) is 0 Å². The maximum absolute atomic E-state index is 11.5. The summed E-state index contributed by atoms with van der Waals surface area (Å²) in [6.07, 6.45) is 0.408. The van der Waals surface area contributed by atoms with E-state index in [0.717, 1.165) is 6.20 Å². The molecule has 0 radical (unpaired) electrons. The van der Waals surface area contributed by atoms with E-state index in [1.54, 1.807) is 27.7 Å². The highest BCUT2D eigenvalue weighted by Gasteiger charge is 2.18. The highest BCUT2D eigenvalue weighted by Crippen LogP contribution is 2.12. The molecule has 98 valence electrons. The van der Waals surface area contributed by atoms with Crippen molar-refractivity contribution in [3.63, 3.8) is 0 Å². The van der Waals surface area contributed by atoms with E-state index < -0.39 is 17.7 Å². The van der Waals surface area contributed by atoms with Gasteiger partial charge in [-0.2, -0.15) is 0 Å². The van der Waals surface area contributed by atoms with E-state index in [1.165, 1.54) is 0 Å². The number of aromatic carboxylic acids is 1. The van der Waals surface area contributed by atoms with Crippen LogP contribution in [0.25, 0.3) is 0 Å². The molecule has 18 heavy (non-hydrogen) atoms. The molecule has 0 bridgehead atoms. The molecule has 0 spiro atoms. The quantitative estimate of drug-likeness (QED) is 0.833. The van der Waals surface area contributed by atoms with Gasteiger partial charge in [-0.1, -0.05) is 0 Å². The second-order valence-electron chi connectivity index (χ2n) is 4.62. The fourth-order valence-electron chi connectivity index (χ4n) is 1.11. The topological polar surface area (TPSA) is 101 Å². The van der Waals surface area contributed by atoms with Crippen LogP contribution in [-0.2, 0) is 4.74 Å². The number of nitrogens with zero attached hydrogens (tertiary/aromatic N) is 2. The molecule has 0 aromatic carbocycles. The molecular weight excluding hydrogens is 238 g/mol. The first-order valence-electron chi connectivity index (χ1n) is 5.26. The Hall–Kier alpha value is -2.18. The molecule has 1 heterocycles. The molecule has 0 saturated heterocycles. The summed E-state index contributed by atoms with van der Waals surface area (Å²) in [5, 5.41) is 11.1. The average Bonchev–Trinajstić information content (AvgIpc) is 2.17. The summed E-state index contributed by atoms with van der Waals surface area (Å²) in [5.41, 5.74) is -0.491. The van der Waals surface area contributed by atoms with Crippen LogP contribution in [0.15, 0.2) is 6.20 Å². The molecule has 0 saturated carbocycles. The zero-order valence-electron chi connectivity index (χ0n) is 10.6. The van der Waals surface area contributed by atoms with Gasteiger partial charge in [0.15, 0.2) is 11.5 Å². The molecule has 7 heteroatoms. The van der Waals surface area contributed by atoms with Crippen LogP contribution in [0.4, 0.5) is 10.6 Å². The Labute approximate surface area is 104 Å². The van der Waals surface area contributed by atoms with Crippen molar-refractivity contribution < 1.29 is 19.4 Å². The maximum Gasteiger partial charge on any atom is 0.413 e. The Bertz CT molecular complexity index is 480. The first-order valence-corrected chi connectivity index (χ1v) is 5.26. The number of carboxylic acid groups (broad SMARTS) is 1. The summed E-state index contributed by atoms with van der Waals surface area (Å²) >= 11 is 0. The Morgan fingerprint density at radius 3 is 2.44 bits per heavy atom. The maximum atomic E-state index is 11.5. The number of hydrogen-bond donors (Lipinski definition) is 2. The first kappa shape index (κ1) is 13.9. The molecule has 1 aromatic heterocycles. The van der Waals surface area contributed by atoms with Gasteiger partial charge in [-0.25, -0.2) is 19.6 Å². The number of carboxylic acids is 1. The minimum absolute atomic E-state index is 0.175. The number of amides is 1. The molecule has 1 rings (SSSR count). The lowest BCUT2D eigenvalue weighted by Gasteiger charge is -2.19. The Morgan fingerprint density at radius 2 is 2.00 bits per heavy atom. The van der Waals surface area contributed by atoms with Gasteiger partial charge < -0.3 is 9.84 Å². The monoisotopic (exact) mass is 253 g/mol.